The molecule has 8 aromatic rings. The van der Waals surface area contributed by atoms with Crippen LogP contribution in [0.5, 0.6) is 0 Å². The molecule has 0 bridgehead atoms. The van der Waals surface area contributed by atoms with E-state index in [9.17, 15) is 0 Å². The molecule has 0 aliphatic heterocycles. The van der Waals surface area contributed by atoms with Crippen molar-refractivity contribution in [2.75, 3.05) is 0 Å². The molecule has 10 heteroatoms. The largest absolute Gasteiger partial charge is 0.356 e. The van der Waals surface area contributed by atoms with Crippen molar-refractivity contribution in [3.63, 3.8) is 0 Å². The van der Waals surface area contributed by atoms with Crippen molar-refractivity contribution < 1.29 is 10.2 Å². The highest BCUT2D eigenvalue weighted by molar-refractivity contribution is 8.02. The average molecular weight is 803 g/mol. The molecule has 0 fully saturated rings. The molecule has 8 nitrogen and oxygen atoms in total. The summed E-state index contributed by atoms with van der Waals surface area (Å²) in [6.07, 6.45) is 0. The minimum Gasteiger partial charge on any atom is -0.356 e. The zero-order valence-electron chi connectivity index (χ0n) is 31.3. The zero-order valence-corrected chi connectivity index (χ0v) is 33.1. The van der Waals surface area contributed by atoms with E-state index in [2.05, 4.69) is 243 Å². The van der Waals surface area contributed by atoms with Gasteiger partial charge in [-0.25, -0.2) is 0 Å². The standard InChI is InChI=1S/2C24H20P.2NO3/c2*1-5-13-21(14-6-1)25(22-15-7-2-8-16-22,23-17-9-3-10-18-23)24-19-11-4-12-20-24;2*2-1(3)4/h2*1-20H;;/q2*+1;2*-1. The minimum absolute atomic E-state index is 1.39. The Morgan fingerprint density at radius 2 is 0.310 bits per heavy atom. The van der Waals surface area contributed by atoms with Gasteiger partial charge in [0.2, 0.25) is 0 Å². The van der Waals surface area contributed by atoms with E-state index in [-0.39, 0.29) is 0 Å². The molecule has 0 aliphatic carbocycles. The first-order valence-electron chi connectivity index (χ1n) is 18.2. The maximum Gasteiger partial charge on any atom is 0.144 e. The molecule has 0 heterocycles. The highest BCUT2D eigenvalue weighted by atomic mass is 31.2. The van der Waals surface area contributed by atoms with Gasteiger partial charge in [0, 0.05) is 0 Å². The number of hydrogen-bond donors (Lipinski definition) is 0. The maximum absolute atomic E-state index is 8.25. The molecule has 0 aliphatic rings. The van der Waals surface area contributed by atoms with Gasteiger partial charge in [-0.05, 0) is 97.1 Å². The third-order valence-corrected chi connectivity index (χ3v) is 17.7. The van der Waals surface area contributed by atoms with E-state index in [0.29, 0.717) is 0 Å². The lowest BCUT2D eigenvalue weighted by Gasteiger charge is -2.27. The van der Waals surface area contributed by atoms with Crippen LogP contribution in [0.4, 0.5) is 0 Å². The van der Waals surface area contributed by atoms with Crippen molar-refractivity contribution in [3.8, 4) is 0 Å². The fraction of sp³-hybridized carbons (Fsp3) is 0. The van der Waals surface area contributed by atoms with Crippen molar-refractivity contribution in [2.24, 2.45) is 0 Å². The van der Waals surface area contributed by atoms with Crippen LogP contribution in [0, 0.1) is 30.6 Å². The van der Waals surface area contributed by atoms with E-state index in [1.54, 1.807) is 0 Å². The Morgan fingerprint density at radius 3 is 0.397 bits per heavy atom. The predicted octanol–water partition coefficient (Wildman–Crippen LogP) is 8.13. The lowest BCUT2D eigenvalue weighted by Crippen LogP contribution is -2.38. The summed E-state index contributed by atoms with van der Waals surface area (Å²) < 4.78 is 0. The Balaban J connectivity index is 0.000000187. The van der Waals surface area contributed by atoms with Gasteiger partial charge in [0.15, 0.2) is 0 Å². The summed E-state index contributed by atoms with van der Waals surface area (Å²) >= 11 is 0. The van der Waals surface area contributed by atoms with E-state index >= 15 is 0 Å². The van der Waals surface area contributed by atoms with Crippen LogP contribution in [0.15, 0.2) is 243 Å². The van der Waals surface area contributed by atoms with Gasteiger partial charge in [-0.15, -0.1) is 0 Å². The average Bonchev–Trinajstić information content (AvgIpc) is 3.27. The minimum atomic E-state index is -1.91. The summed E-state index contributed by atoms with van der Waals surface area (Å²) in [5, 5.41) is 40.6. The Labute approximate surface area is 339 Å². The van der Waals surface area contributed by atoms with Gasteiger partial charge >= 0.3 is 0 Å². The van der Waals surface area contributed by atoms with Gasteiger partial charge in [-0.2, -0.15) is 0 Å². The lowest BCUT2D eigenvalue weighted by atomic mass is 10.3. The van der Waals surface area contributed by atoms with Crippen LogP contribution < -0.4 is 42.4 Å². The molecule has 8 rings (SSSR count). The van der Waals surface area contributed by atoms with Gasteiger partial charge in [0.1, 0.15) is 57.0 Å². The molecule has 8 aromatic carbocycles. The first-order chi connectivity index (χ1) is 28.3. The highest BCUT2D eigenvalue weighted by Gasteiger charge is 2.48. The fourth-order valence-electron chi connectivity index (χ4n) is 7.00. The molecular weight excluding hydrogens is 762 g/mol. The molecule has 0 radical (unpaired) electrons. The summed E-state index contributed by atoms with van der Waals surface area (Å²) in [5.41, 5.74) is 0. The number of benzene rings is 8. The highest BCUT2D eigenvalue weighted by Crippen LogP contribution is 2.55. The van der Waals surface area contributed by atoms with Gasteiger partial charge < -0.3 is 30.6 Å². The Morgan fingerprint density at radius 1 is 0.224 bits per heavy atom. The summed E-state index contributed by atoms with van der Waals surface area (Å²) in [4.78, 5) is 16.5. The van der Waals surface area contributed by atoms with Crippen molar-refractivity contribution in [2.45, 2.75) is 0 Å². The maximum atomic E-state index is 8.25. The van der Waals surface area contributed by atoms with Crippen molar-refractivity contribution in [1.29, 1.82) is 0 Å². The van der Waals surface area contributed by atoms with Crippen molar-refractivity contribution in [1.82, 2.24) is 0 Å². The third-order valence-electron chi connectivity index (χ3n) is 9.15. The number of rotatable bonds is 8. The van der Waals surface area contributed by atoms with Crippen LogP contribution in [-0.2, 0) is 0 Å². The topological polar surface area (TPSA) is 132 Å². The van der Waals surface area contributed by atoms with Crippen LogP contribution in [0.25, 0.3) is 0 Å². The van der Waals surface area contributed by atoms with Crippen molar-refractivity contribution >= 4 is 57.0 Å². The molecular formula is C48H40N2O6P2. The molecule has 0 N–H and O–H groups in total. The molecule has 0 atom stereocenters. The second-order valence-electron chi connectivity index (χ2n) is 12.5. The Kier molecular flexibility index (Phi) is 15.5. The monoisotopic (exact) mass is 802 g/mol. The summed E-state index contributed by atoms with van der Waals surface area (Å²) in [5.74, 6) is 0. The second-order valence-corrected chi connectivity index (χ2v) is 19.3. The van der Waals surface area contributed by atoms with Gasteiger partial charge in [-0.1, -0.05) is 146 Å². The molecule has 58 heavy (non-hydrogen) atoms. The molecule has 0 spiro atoms. The Bertz CT molecular complexity index is 1890. The van der Waals surface area contributed by atoms with Gasteiger partial charge in [0.25, 0.3) is 0 Å². The second kappa shape index (κ2) is 21.4. The first-order valence-corrected chi connectivity index (χ1v) is 21.7. The molecule has 0 amide bonds. The van der Waals surface area contributed by atoms with Crippen LogP contribution >= 0.6 is 14.5 Å². The summed E-state index contributed by atoms with van der Waals surface area (Å²) in [6, 6.07) is 87.7. The molecule has 0 saturated heterocycles. The normalized spacial score (nSPS) is 10.5. The van der Waals surface area contributed by atoms with Crippen LogP contribution in [-0.4, -0.2) is 10.2 Å². The quantitative estimate of drug-likeness (QED) is 0.0866. The van der Waals surface area contributed by atoms with E-state index in [1.165, 1.54) is 42.4 Å². The predicted molar refractivity (Wildman–Crippen MR) is 243 cm³/mol. The van der Waals surface area contributed by atoms with E-state index in [0.717, 1.165) is 0 Å². The van der Waals surface area contributed by atoms with E-state index in [1.807, 2.05) is 0 Å². The first kappa shape index (κ1) is 42.2. The van der Waals surface area contributed by atoms with Crippen molar-refractivity contribution in [3.05, 3.63) is 273 Å². The number of hydrogen-bond acceptors (Lipinski definition) is 6. The third kappa shape index (κ3) is 10.2. The van der Waals surface area contributed by atoms with Crippen LogP contribution in [0.2, 0.25) is 0 Å². The van der Waals surface area contributed by atoms with Gasteiger partial charge in [-0.3, -0.25) is 0 Å². The molecule has 288 valence electrons. The number of nitrogens with zero attached hydrogens (tertiary/aromatic N) is 2. The van der Waals surface area contributed by atoms with E-state index < -0.39 is 24.7 Å². The van der Waals surface area contributed by atoms with E-state index in [4.69, 9.17) is 30.6 Å². The zero-order chi connectivity index (χ0) is 41.1. The lowest BCUT2D eigenvalue weighted by molar-refractivity contribution is -0.403. The summed E-state index contributed by atoms with van der Waals surface area (Å²) in [6.45, 7) is 0. The molecule has 0 unspecified atom stereocenters. The van der Waals surface area contributed by atoms with Crippen LogP contribution in [0.1, 0.15) is 0 Å². The van der Waals surface area contributed by atoms with Gasteiger partial charge in [0.05, 0.1) is 10.2 Å². The summed E-state index contributed by atoms with van der Waals surface area (Å²) in [7, 11) is -3.81. The molecule has 0 saturated carbocycles. The van der Waals surface area contributed by atoms with Crippen LogP contribution in [0.3, 0.4) is 0 Å². The molecule has 0 aromatic heterocycles. The Hall–Kier alpha value is -6.98. The fourth-order valence-corrected chi connectivity index (χ4v) is 15.5. The smallest absolute Gasteiger partial charge is 0.144 e. The SMILES string of the molecule is O=[N+]([O-])[O-].O=[N+]([O-])[O-].c1ccc([P+](c2ccccc2)(c2ccccc2)c2ccccc2)cc1.c1ccc([P+](c2ccccc2)(c2ccccc2)c2ccccc2)cc1.